The number of anilines is 2. The molecule has 0 atom stereocenters. The topological polar surface area (TPSA) is 104 Å². The standard InChI is InChI=1S/C28H24ClN3O4S/c1-19-11-14-22(15-12-19)37(35,36)32-21-13-16-25(29)24(17-21)28(34)31-26-10-6-5-9-23(26)27(33)30-18-20-7-3-2-4-8-20/h2-17,32H,18H2,1H3,(H,30,33)(H,31,34). The van der Waals surface area contributed by atoms with Crippen LogP contribution in [0.3, 0.4) is 0 Å². The summed E-state index contributed by atoms with van der Waals surface area (Å²) in [5, 5.41) is 5.68. The molecule has 3 N–H and O–H groups in total. The van der Waals surface area contributed by atoms with Gasteiger partial charge in [0.05, 0.1) is 26.7 Å². The van der Waals surface area contributed by atoms with E-state index >= 15 is 0 Å². The van der Waals surface area contributed by atoms with Crippen molar-refractivity contribution in [3.05, 3.63) is 124 Å². The molecule has 7 nitrogen and oxygen atoms in total. The Balaban J connectivity index is 1.51. The molecule has 0 radical (unpaired) electrons. The molecule has 0 aliphatic heterocycles. The number of rotatable bonds is 8. The highest BCUT2D eigenvalue weighted by molar-refractivity contribution is 7.92. The lowest BCUT2D eigenvalue weighted by Gasteiger charge is -2.14. The lowest BCUT2D eigenvalue weighted by atomic mass is 10.1. The van der Waals surface area contributed by atoms with Gasteiger partial charge in [0.2, 0.25) is 0 Å². The number of benzene rings is 4. The van der Waals surface area contributed by atoms with Crippen LogP contribution >= 0.6 is 11.6 Å². The van der Waals surface area contributed by atoms with Gasteiger partial charge < -0.3 is 10.6 Å². The normalized spacial score (nSPS) is 11.0. The third kappa shape index (κ3) is 6.55. The summed E-state index contributed by atoms with van der Waals surface area (Å²) >= 11 is 6.27. The molecule has 4 rings (SSSR count). The summed E-state index contributed by atoms with van der Waals surface area (Å²) < 4.78 is 28.0. The molecule has 2 amide bonds. The van der Waals surface area contributed by atoms with Crippen LogP contribution in [0.4, 0.5) is 11.4 Å². The number of amides is 2. The van der Waals surface area contributed by atoms with Crippen molar-refractivity contribution in [1.29, 1.82) is 0 Å². The van der Waals surface area contributed by atoms with Crippen molar-refractivity contribution >= 4 is 44.8 Å². The van der Waals surface area contributed by atoms with Gasteiger partial charge in [-0.2, -0.15) is 0 Å². The van der Waals surface area contributed by atoms with Crippen molar-refractivity contribution in [3.8, 4) is 0 Å². The minimum Gasteiger partial charge on any atom is -0.348 e. The van der Waals surface area contributed by atoms with Gasteiger partial charge in [0.1, 0.15) is 0 Å². The van der Waals surface area contributed by atoms with Crippen molar-refractivity contribution in [2.45, 2.75) is 18.4 Å². The van der Waals surface area contributed by atoms with Gasteiger partial charge in [-0.15, -0.1) is 0 Å². The van der Waals surface area contributed by atoms with Crippen LogP contribution in [-0.2, 0) is 16.6 Å². The van der Waals surface area contributed by atoms with Crippen LogP contribution in [0.2, 0.25) is 5.02 Å². The molecule has 0 aromatic heterocycles. The first kappa shape index (κ1) is 25.9. The van der Waals surface area contributed by atoms with Gasteiger partial charge in [-0.05, 0) is 55.0 Å². The highest BCUT2D eigenvalue weighted by atomic mass is 35.5. The van der Waals surface area contributed by atoms with Gasteiger partial charge in [-0.25, -0.2) is 8.42 Å². The molecule has 0 bridgehead atoms. The Morgan fingerprint density at radius 3 is 2.19 bits per heavy atom. The molecule has 0 spiro atoms. The van der Waals surface area contributed by atoms with E-state index in [1.807, 2.05) is 37.3 Å². The van der Waals surface area contributed by atoms with Crippen molar-refractivity contribution in [3.63, 3.8) is 0 Å². The molecule has 0 saturated heterocycles. The van der Waals surface area contributed by atoms with E-state index in [1.165, 1.54) is 30.3 Å². The first-order chi connectivity index (χ1) is 17.7. The molecule has 0 aliphatic rings. The van der Waals surface area contributed by atoms with E-state index in [4.69, 9.17) is 11.6 Å². The highest BCUT2D eigenvalue weighted by Crippen LogP contribution is 2.25. The minimum atomic E-state index is -3.87. The first-order valence-electron chi connectivity index (χ1n) is 11.3. The Morgan fingerprint density at radius 1 is 0.784 bits per heavy atom. The smallest absolute Gasteiger partial charge is 0.261 e. The lowest BCUT2D eigenvalue weighted by molar-refractivity contribution is 0.0951. The van der Waals surface area contributed by atoms with Crippen LogP contribution in [0.25, 0.3) is 0 Å². The first-order valence-corrected chi connectivity index (χ1v) is 13.2. The summed E-state index contributed by atoms with van der Waals surface area (Å²) in [7, 11) is -3.87. The summed E-state index contributed by atoms with van der Waals surface area (Å²) in [6.07, 6.45) is 0. The van der Waals surface area contributed by atoms with E-state index < -0.39 is 15.9 Å². The number of para-hydroxylation sites is 1. The highest BCUT2D eigenvalue weighted by Gasteiger charge is 2.19. The average molecular weight is 534 g/mol. The van der Waals surface area contributed by atoms with Crippen LogP contribution in [-0.4, -0.2) is 20.2 Å². The van der Waals surface area contributed by atoms with Crippen LogP contribution in [0.5, 0.6) is 0 Å². The number of hydrogen-bond donors (Lipinski definition) is 3. The van der Waals surface area contributed by atoms with Gasteiger partial charge in [0, 0.05) is 12.2 Å². The van der Waals surface area contributed by atoms with Crippen molar-refractivity contribution < 1.29 is 18.0 Å². The Kier molecular flexibility index (Phi) is 7.91. The molecule has 37 heavy (non-hydrogen) atoms. The Morgan fingerprint density at radius 2 is 1.46 bits per heavy atom. The summed E-state index contributed by atoms with van der Waals surface area (Å²) in [6, 6.07) is 26.7. The van der Waals surface area contributed by atoms with E-state index in [1.54, 1.807) is 36.4 Å². The van der Waals surface area contributed by atoms with Crippen LogP contribution in [0, 0.1) is 6.92 Å². The molecule has 0 heterocycles. The second-order valence-corrected chi connectivity index (χ2v) is 10.4. The second kappa shape index (κ2) is 11.3. The fraction of sp³-hybridized carbons (Fsp3) is 0.0714. The number of aryl methyl sites for hydroxylation is 1. The Hall–Kier alpha value is -4.14. The van der Waals surface area contributed by atoms with Crippen molar-refractivity contribution in [2.24, 2.45) is 0 Å². The maximum Gasteiger partial charge on any atom is 0.261 e. The SMILES string of the molecule is Cc1ccc(S(=O)(=O)Nc2ccc(Cl)c(C(=O)Nc3ccccc3C(=O)NCc3ccccc3)c2)cc1. The van der Waals surface area contributed by atoms with E-state index in [-0.39, 0.29) is 32.6 Å². The van der Waals surface area contributed by atoms with E-state index in [0.29, 0.717) is 12.2 Å². The molecule has 0 unspecified atom stereocenters. The lowest BCUT2D eigenvalue weighted by Crippen LogP contribution is -2.25. The summed E-state index contributed by atoms with van der Waals surface area (Å²) in [5.41, 5.74) is 2.65. The maximum absolute atomic E-state index is 13.1. The molecule has 0 saturated carbocycles. The van der Waals surface area contributed by atoms with Gasteiger partial charge in [0.25, 0.3) is 21.8 Å². The number of halogens is 1. The molecule has 0 fully saturated rings. The summed E-state index contributed by atoms with van der Waals surface area (Å²) in [5.74, 6) is -0.949. The third-order valence-electron chi connectivity index (χ3n) is 5.51. The molecule has 188 valence electrons. The van der Waals surface area contributed by atoms with Gasteiger partial charge in [0.15, 0.2) is 0 Å². The fourth-order valence-corrected chi connectivity index (χ4v) is 4.80. The Bertz CT molecular complexity index is 1540. The van der Waals surface area contributed by atoms with E-state index in [0.717, 1.165) is 11.1 Å². The monoisotopic (exact) mass is 533 g/mol. The van der Waals surface area contributed by atoms with Crippen LogP contribution in [0.15, 0.2) is 102 Å². The molecule has 4 aromatic carbocycles. The number of nitrogens with one attached hydrogen (secondary N) is 3. The van der Waals surface area contributed by atoms with Gasteiger partial charge >= 0.3 is 0 Å². The van der Waals surface area contributed by atoms with Crippen molar-refractivity contribution in [2.75, 3.05) is 10.0 Å². The van der Waals surface area contributed by atoms with E-state index in [2.05, 4.69) is 15.4 Å². The zero-order valence-corrected chi connectivity index (χ0v) is 21.4. The Labute approximate surface area is 220 Å². The number of carbonyl (C=O) groups is 2. The zero-order valence-electron chi connectivity index (χ0n) is 19.9. The molecule has 9 heteroatoms. The number of hydrogen-bond acceptors (Lipinski definition) is 4. The third-order valence-corrected chi connectivity index (χ3v) is 7.24. The molecule has 4 aromatic rings. The number of sulfonamides is 1. The molecule has 0 aliphatic carbocycles. The zero-order chi connectivity index (χ0) is 26.4. The second-order valence-electron chi connectivity index (χ2n) is 8.28. The van der Waals surface area contributed by atoms with E-state index in [9.17, 15) is 18.0 Å². The maximum atomic E-state index is 13.1. The summed E-state index contributed by atoms with van der Waals surface area (Å²) in [6.45, 7) is 2.19. The molecular weight excluding hydrogens is 510 g/mol. The van der Waals surface area contributed by atoms with Crippen LogP contribution < -0.4 is 15.4 Å². The quantitative estimate of drug-likeness (QED) is 0.273. The minimum absolute atomic E-state index is 0.0465. The average Bonchev–Trinajstić information content (AvgIpc) is 2.89. The van der Waals surface area contributed by atoms with Gasteiger partial charge in [-0.3, -0.25) is 14.3 Å². The fourth-order valence-electron chi connectivity index (χ4n) is 3.55. The van der Waals surface area contributed by atoms with Crippen LogP contribution in [0.1, 0.15) is 31.8 Å². The largest absolute Gasteiger partial charge is 0.348 e. The molecular formula is C28H24ClN3O4S. The van der Waals surface area contributed by atoms with Gasteiger partial charge in [-0.1, -0.05) is 71.8 Å². The predicted octanol–water partition coefficient (Wildman–Crippen LogP) is 5.63. The predicted molar refractivity (Wildman–Crippen MR) is 145 cm³/mol. The number of carbonyl (C=O) groups excluding carboxylic acids is 2. The summed E-state index contributed by atoms with van der Waals surface area (Å²) in [4.78, 5) is 26.0. The van der Waals surface area contributed by atoms with Crippen molar-refractivity contribution in [1.82, 2.24) is 5.32 Å².